The van der Waals surface area contributed by atoms with E-state index in [-0.39, 0.29) is 17.2 Å². The number of anilines is 1. The van der Waals surface area contributed by atoms with Gasteiger partial charge < -0.3 is 5.32 Å². The molecule has 108 valence electrons. The molecule has 0 aliphatic heterocycles. The normalized spacial score (nSPS) is 11.9. The number of rotatable bonds is 6. The minimum atomic E-state index is 0.0161. The third-order valence-electron chi connectivity index (χ3n) is 3.28. The van der Waals surface area contributed by atoms with Crippen molar-refractivity contribution in [3.8, 4) is 0 Å². The van der Waals surface area contributed by atoms with Gasteiger partial charge >= 0.3 is 0 Å². The van der Waals surface area contributed by atoms with Crippen LogP contribution in [0, 0.1) is 5.92 Å². The van der Waals surface area contributed by atoms with Crippen molar-refractivity contribution in [1.82, 2.24) is 10.2 Å². The van der Waals surface area contributed by atoms with Crippen molar-refractivity contribution in [1.29, 1.82) is 0 Å². The Morgan fingerprint density at radius 3 is 2.32 bits per heavy atom. The lowest BCUT2D eigenvalue weighted by Gasteiger charge is -2.15. The summed E-state index contributed by atoms with van der Waals surface area (Å²) in [5.41, 5.74) is 1.05. The molecule has 1 aromatic heterocycles. The van der Waals surface area contributed by atoms with Crippen molar-refractivity contribution in [2.24, 2.45) is 5.92 Å². The summed E-state index contributed by atoms with van der Waals surface area (Å²) in [5, 5.41) is 10.1. The first-order valence-electron chi connectivity index (χ1n) is 7.25. The van der Waals surface area contributed by atoms with Gasteiger partial charge in [-0.25, -0.2) is 0 Å². The quantitative estimate of drug-likeness (QED) is 0.820. The van der Waals surface area contributed by atoms with Gasteiger partial charge in [-0.1, -0.05) is 47.5 Å². The molecule has 0 aromatic carbocycles. The average molecular weight is 265 g/mol. The molecule has 0 bridgehead atoms. The highest BCUT2D eigenvalue weighted by Gasteiger charge is 2.20. The summed E-state index contributed by atoms with van der Waals surface area (Å²) in [4.78, 5) is 12.2. The van der Waals surface area contributed by atoms with Gasteiger partial charge in [-0.3, -0.25) is 9.89 Å². The fourth-order valence-corrected chi connectivity index (χ4v) is 2.10. The second kappa shape index (κ2) is 6.73. The third-order valence-corrected chi connectivity index (χ3v) is 3.28. The zero-order valence-electron chi connectivity index (χ0n) is 12.8. The highest BCUT2D eigenvalue weighted by Crippen LogP contribution is 2.23. The summed E-state index contributed by atoms with van der Waals surface area (Å²) in [7, 11) is 0. The number of carbonyl (C=O) groups excluding carboxylic acids is 1. The molecule has 2 N–H and O–H groups in total. The fraction of sp³-hybridized carbons (Fsp3) is 0.733. The summed E-state index contributed by atoms with van der Waals surface area (Å²) in [6.45, 7) is 10.6. The van der Waals surface area contributed by atoms with E-state index in [2.05, 4.69) is 50.1 Å². The van der Waals surface area contributed by atoms with E-state index in [9.17, 15) is 4.79 Å². The molecule has 1 rings (SSSR count). The van der Waals surface area contributed by atoms with Gasteiger partial charge in [0, 0.05) is 23.1 Å². The van der Waals surface area contributed by atoms with Crippen molar-refractivity contribution < 1.29 is 4.79 Å². The van der Waals surface area contributed by atoms with Crippen LogP contribution in [0.2, 0.25) is 0 Å². The Balaban J connectivity index is 2.67. The van der Waals surface area contributed by atoms with Crippen LogP contribution >= 0.6 is 0 Å². The highest BCUT2D eigenvalue weighted by molar-refractivity contribution is 5.91. The Labute approximate surface area is 116 Å². The van der Waals surface area contributed by atoms with Crippen LogP contribution in [0.15, 0.2) is 6.07 Å². The number of hydrogen-bond acceptors (Lipinski definition) is 2. The number of nitrogens with one attached hydrogen (secondary N) is 2. The van der Waals surface area contributed by atoms with Gasteiger partial charge in [0.1, 0.15) is 0 Å². The molecule has 0 unspecified atom stereocenters. The van der Waals surface area contributed by atoms with Crippen LogP contribution in [0.3, 0.4) is 0 Å². The van der Waals surface area contributed by atoms with E-state index in [4.69, 9.17) is 0 Å². The molecule has 1 aromatic rings. The lowest BCUT2D eigenvalue weighted by atomic mass is 9.92. The number of amides is 1. The van der Waals surface area contributed by atoms with Gasteiger partial charge in [0.25, 0.3) is 0 Å². The Morgan fingerprint density at radius 1 is 1.32 bits per heavy atom. The first kappa shape index (κ1) is 15.7. The summed E-state index contributed by atoms with van der Waals surface area (Å²) in [5.74, 6) is 0.826. The molecule has 1 amide bonds. The largest absolute Gasteiger partial charge is 0.309 e. The number of aromatic amines is 1. The van der Waals surface area contributed by atoms with Crippen molar-refractivity contribution in [3.63, 3.8) is 0 Å². The first-order chi connectivity index (χ1) is 8.88. The van der Waals surface area contributed by atoms with E-state index in [1.807, 2.05) is 6.07 Å². The molecule has 0 saturated carbocycles. The third kappa shape index (κ3) is 4.69. The van der Waals surface area contributed by atoms with Gasteiger partial charge in [-0.15, -0.1) is 0 Å². The number of H-pyrrole nitrogens is 1. The summed E-state index contributed by atoms with van der Waals surface area (Å²) in [6.07, 6.45) is 3.95. The van der Waals surface area contributed by atoms with Gasteiger partial charge in [-0.05, 0) is 12.8 Å². The Hall–Kier alpha value is -1.32. The predicted molar refractivity (Wildman–Crippen MR) is 79.2 cm³/mol. The van der Waals surface area contributed by atoms with E-state index in [1.54, 1.807) is 0 Å². The van der Waals surface area contributed by atoms with Crippen LogP contribution < -0.4 is 5.32 Å². The van der Waals surface area contributed by atoms with Crippen LogP contribution in [-0.2, 0) is 10.2 Å². The molecule has 0 fully saturated rings. The maximum atomic E-state index is 12.2. The topological polar surface area (TPSA) is 57.8 Å². The molecule has 0 atom stereocenters. The minimum absolute atomic E-state index is 0.0161. The van der Waals surface area contributed by atoms with Crippen molar-refractivity contribution in [2.45, 2.75) is 65.7 Å². The van der Waals surface area contributed by atoms with Gasteiger partial charge in [0.05, 0.1) is 0 Å². The molecule has 4 nitrogen and oxygen atoms in total. The van der Waals surface area contributed by atoms with Crippen molar-refractivity contribution in [3.05, 3.63) is 11.8 Å². The van der Waals surface area contributed by atoms with Crippen molar-refractivity contribution >= 4 is 11.7 Å². The molecular formula is C15H27N3O. The molecule has 4 heteroatoms. The molecule has 19 heavy (non-hydrogen) atoms. The average Bonchev–Trinajstić information content (AvgIpc) is 2.77. The van der Waals surface area contributed by atoms with Crippen molar-refractivity contribution in [2.75, 3.05) is 5.32 Å². The summed E-state index contributed by atoms with van der Waals surface area (Å²) < 4.78 is 0. The van der Waals surface area contributed by atoms with Crippen LogP contribution in [0.5, 0.6) is 0 Å². The molecule has 0 saturated heterocycles. The second-order valence-corrected chi connectivity index (χ2v) is 6.18. The SMILES string of the molecule is CCCC(CCC)C(=O)Nc1cc(C(C)(C)C)[nH]n1. The monoisotopic (exact) mass is 265 g/mol. The van der Waals surface area contributed by atoms with E-state index in [0.29, 0.717) is 5.82 Å². The fourth-order valence-electron chi connectivity index (χ4n) is 2.10. The molecule has 0 spiro atoms. The van der Waals surface area contributed by atoms with E-state index >= 15 is 0 Å². The Morgan fingerprint density at radius 2 is 1.89 bits per heavy atom. The minimum Gasteiger partial charge on any atom is -0.309 e. The standard InChI is InChI=1S/C15H27N3O/c1-6-8-11(9-7-2)14(19)16-13-10-12(17-18-13)15(3,4)5/h10-11H,6-9H2,1-5H3,(H2,16,17,18,19). The lowest BCUT2D eigenvalue weighted by Crippen LogP contribution is -2.22. The summed E-state index contributed by atoms with van der Waals surface area (Å²) >= 11 is 0. The number of carbonyl (C=O) groups is 1. The maximum Gasteiger partial charge on any atom is 0.228 e. The second-order valence-electron chi connectivity index (χ2n) is 6.18. The Bertz CT molecular complexity index is 398. The van der Waals surface area contributed by atoms with Gasteiger partial charge in [-0.2, -0.15) is 5.10 Å². The zero-order chi connectivity index (χ0) is 14.5. The van der Waals surface area contributed by atoms with Crippen LogP contribution in [0.1, 0.15) is 66.0 Å². The van der Waals surface area contributed by atoms with E-state index in [0.717, 1.165) is 31.4 Å². The zero-order valence-corrected chi connectivity index (χ0v) is 12.8. The number of hydrogen-bond donors (Lipinski definition) is 2. The number of nitrogens with zero attached hydrogens (tertiary/aromatic N) is 1. The molecule has 0 radical (unpaired) electrons. The van der Waals surface area contributed by atoms with Gasteiger partial charge in [0.15, 0.2) is 5.82 Å². The smallest absolute Gasteiger partial charge is 0.228 e. The predicted octanol–water partition coefficient (Wildman–Crippen LogP) is 3.86. The van der Waals surface area contributed by atoms with Crippen LogP contribution in [0.25, 0.3) is 0 Å². The molecule has 0 aliphatic carbocycles. The lowest BCUT2D eigenvalue weighted by molar-refractivity contribution is -0.120. The van der Waals surface area contributed by atoms with E-state index < -0.39 is 0 Å². The Kier molecular flexibility index (Phi) is 5.58. The molecule has 0 aliphatic rings. The van der Waals surface area contributed by atoms with Crippen LogP contribution in [-0.4, -0.2) is 16.1 Å². The summed E-state index contributed by atoms with van der Waals surface area (Å²) in [6, 6.07) is 1.92. The van der Waals surface area contributed by atoms with Crippen LogP contribution in [0.4, 0.5) is 5.82 Å². The van der Waals surface area contributed by atoms with E-state index in [1.165, 1.54) is 0 Å². The molecule has 1 heterocycles. The first-order valence-corrected chi connectivity index (χ1v) is 7.25. The number of aromatic nitrogens is 2. The van der Waals surface area contributed by atoms with Gasteiger partial charge in [0.2, 0.25) is 5.91 Å². The highest BCUT2D eigenvalue weighted by atomic mass is 16.1. The maximum absolute atomic E-state index is 12.2. The molecular weight excluding hydrogens is 238 g/mol.